The molecule has 0 unspecified atom stereocenters. The van der Waals surface area contributed by atoms with Crippen molar-refractivity contribution in [1.82, 2.24) is 25.0 Å². The van der Waals surface area contributed by atoms with Crippen LogP contribution in [0.15, 0.2) is 41.5 Å². The van der Waals surface area contributed by atoms with E-state index in [1.54, 1.807) is 6.92 Å². The van der Waals surface area contributed by atoms with E-state index >= 15 is 0 Å². The molecule has 2 N–H and O–H groups in total. The van der Waals surface area contributed by atoms with Gasteiger partial charge in [-0.3, -0.25) is 14.7 Å². The zero-order valence-electron chi connectivity index (χ0n) is 17.7. The lowest BCUT2D eigenvalue weighted by molar-refractivity contribution is -0.130. The third-order valence-corrected chi connectivity index (χ3v) is 5.39. The number of fused-ring (bicyclic) bond motifs is 1. The normalized spacial score (nSPS) is 15.7. The summed E-state index contributed by atoms with van der Waals surface area (Å²) in [6, 6.07) is 10.6. The number of carbonyl (C=O) groups is 1. The smallest absolute Gasteiger partial charge is 0.219 e. The van der Waals surface area contributed by atoms with Gasteiger partial charge in [-0.2, -0.15) is 0 Å². The van der Waals surface area contributed by atoms with Crippen molar-refractivity contribution in [1.29, 1.82) is 0 Å². The lowest BCUT2D eigenvalue weighted by atomic mass is 10.2. The molecule has 0 spiro atoms. The minimum Gasteiger partial charge on any atom is -0.357 e. The molecule has 1 saturated heterocycles. The van der Waals surface area contributed by atoms with Crippen LogP contribution in [-0.4, -0.2) is 78.6 Å². The number of para-hydroxylation sites is 1. The number of aliphatic imine (C=N–C) groups is 1. The lowest BCUT2D eigenvalue weighted by Gasteiger charge is -2.34. The maximum absolute atomic E-state index is 11.4. The van der Waals surface area contributed by atoms with Crippen molar-refractivity contribution in [3.05, 3.63) is 36.5 Å². The number of nitrogens with one attached hydrogen (secondary N) is 2. The molecule has 1 aliphatic heterocycles. The third kappa shape index (κ3) is 6.22. The second-order valence-corrected chi connectivity index (χ2v) is 7.46. The number of aromatic nitrogens is 1. The highest BCUT2D eigenvalue weighted by Crippen LogP contribution is 2.15. The highest BCUT2D eigenvalue weighted by atomic mass is 16.2. The predicted molar refractivity (Wildman–Crippen MR) is 119 cm³/mol. The van der Waals surface area contributed by atoms with Crippen LogP contribution in [0.3, 0.4) is 0 Å². The van der Waals surface area contributed by atoms with Crippen molar-refractivity contribution in [2.45, 2.75) is 26.8 Å². The van der Waals surface area contributed by atoms with Crippen LogP contribution in [0.2, 0.25) is 0 Å². The summed E-state index contributed by atoms with van der Waals surface area (Å²) in [5.74, 6) is 1.06. The molecule has 7 heteroatoms. The summed E-state index contributed by atoms with van der Waals surface area (Å²) in [5, 5.41) is 8.05. The number of hydrogen-bond acceptors (Lipinski definition) is 3. The lowest BCUT2D eigenvalue weighted by Crippen LogP contribution is -2.50. The first-order chi connectivity index (χ1) is 14.2. The summed E-state index contributed by atoms with van der Waals surface area (Å²) in [4.78, 5) is 20.5. The number of guanidine groups is 1. The zero-order valence-corrected chi connectivity index (χ0v) is 17.7. The molecule has 2 aromatic rings. The summed E-state index contributed by atoms with van der Waals surface area (Å²) in [5.41, 5.74) is 1.28. The van der Waals surface area contributed by atoms with Gasteiger partial charge in [0.15, 0.2) is 5.96 Å². The highest BCUT2D eigenvalue weighted by molar-refractivity contribution is 5.80. The molecule has 1 fully saturated rings. The van der Waals surface area contributed by atoms with Crippen LogP contribution in [0.25, 0.3) is 10.9 Å². The van der Waals surface area contributed by atoms with E-state index in [1.807, 2.05) is 4.90 Å². The van der Waals surface area contributed by atoms with E-state index in [2.05, 4.69) is 63.6 Å². The van der Waals surface area contributed by atoms with Gasteiger partial charge >= 0.3 is 0 Å². The van der Waals surface area contributed by atoms with Crippen LogP contribution in [0.1, 0.15) is 20.3 Å². The number of nitrogens with zero attached hydrogens (tertiary/aromatic N) is 4. The van der Waals surface area contributed by atoms with Gasteiger partial charge in [-0.05, 0) is 30.9 Å². The van der Waals surface area contributed by atoms with E-state index in [1.165, 1.54) is 10.9 Å². The van der Waals surface area contributed by atoms with Crippen molar-refractivity contribution in [3.63, 3.8) is 0 Å². The van der Waals surface area contributed by atoms with Gasteiger partial charge in [0.1, 0.15) is 0 Å². The fraction of sp³-hybridized carbons (Fsp3) is 0.545. The van der Waals surface area contributed by atoms with E-state index < -0.39 is 0 Å². The van der Waals surface area contributed by atoms with Crippen LogP contribution >= 0.6 is 0 Å². The van der Waals surface area contributed by atoms with Crippen LogP contribution in [-0.2, 0) is 11.3 Å². The van der Waals surface area contributed by atoms with Gasteiger partial charge in [0.05, 0.1) is 0 Å². The van der Waals surface area contributed by atoms with Gasteiger partial charge in [-0.1, -0.05) is 18.2 Å². The zero-order chi connectivity index (χ0) is 20.5. The van der Waals surface area contributed by atoms with E-state index in [4.69, 9.17) is 4.99 Å². The van der Waals surface area contributed by atoms with Gasteiger partial charge in [0, 0.05) is 77.5 Å². The molecule has 0 radical (unpaired) electrons. The summed E-state index contributed by atoms with van der Waals surface area (Å²) < 4.78 is 2.30. The van der Waals surface area contributed by atoms with Crippen LogP contribution in [0.4, 0.5) is 0 Å². The van der Waals surface area contributed by atoms with Gasteiger partial charge in [-0.15, -0.1) is 0 Å². The quantitative estimate of drug-likeness (QED) is 0.404. The van der Waals surface area contributed by atoms with E-state index in [0.717, 1.165) is 71.3 Å². The molecule has 2 heterocycles. The van der Waals surface area contributed by atoms with Gasteiger partial charge in [0.25, 0.3) is 0 Å². The largest absolute Gasteiger partial charge is 0.357 e. The van der Waals surface area contributed by atoms with Crippen LogP contribution < -0.4 is 10.6 Å². The van der Waals surface area contributed by atoms with Gasteiger partial charge in [0.2, 0.25) is 5.91 Å². The number of carbonyl (C=O) groups excluding carboxylic acids is 1. The summed E-state index contributed by atoms with van der Waals surface area (Å²) in [6.07, 6.45) is 3.16. The molecule has 0 atom stereocenters. The minimum absolute atomic E-state index is 0.178. The predicted octanol–water partition coefficient (Wildman–Crippen LogP) is 1.75. The molecule has 158 valence electrons. The average Bonchev–Trinajstić information content (AvgIpc) is 3.14. The minimum atomic E-state index is 0.178. The number of amides is 1. The first kappa shape index (κ1) is 21.2. The van der Waals surface area contributed by atoms with E-state index in [9.17, 15) is 4.79 Å². The molecule has 3 rings (SSSR count). The number of benzene rings is 1. The van der Waals surface area contributed by atoms with Crippen LogP contribution in [0, 0.1) is 0 Å². The van der Waals surface area contributed by atoms with Crippen molar-refractivity contribution in [2.24, 2.45) is 4.99 Å². The Kier molecular flexibility index (Phi) is 7.93. The third-order valence-electron chi connectivity index (χ3n) is 5.39. The van der Waals surface area contributed by atoms with E-state index in [-0.39, 0.29) is 5.91 Å². The standard InChI is InChI=1S/C22H34N6O/c1-3-23-22(25-11-14-26-15-17-27(18-16-26)19(2)29)24-10-6-12-28-13-9-20-7-4-5-8-21(20)28/h4-5,7-9,13H,3,6,10-12,14-18H2,1-2H3,(H2,23,24,25). The molecule has 29 heavy (non-hydrogen) atoms. The Morgan fingerprint density at radius 3 is 2.62 bits per heavy atom. The Balaban J connectivity index is 1.38. The molecule has 1 amide bonds. The Labute approximate surface area is 173 Å². The molecule has 0 aliphatic carbocycles. The fourth-order valence-electron chi connectivity index (χ4n) is 3.73. The Morgan fingerprint density at radius 2 is 1.86 bits per heavy atom. The van der Waals surface area contributed by atoms with Crippen LogP contribution in [0.5, 0.6) is 0 Å². The Bertz CT molecular complexity index is 806. The summed E-state index contributed by atoms with van der Waals surface area (Å²) in [7, 11) is 0. The maximum Gasteiger partial charge on any atom is 0.219 e. The molecule has 1 aromatic carbocycles. The Hall–Kier alpha value is -2.54. The number of hydrogen-bond donors (Lipinski definition) is 2. The number of rotatable bonds is 8. The highest BCUT2D eigenvalue weighted by Gasteiger charge is 2.17. The average molecular weight is 399 g/mol. The summed E-state index contributed by atoms with van der Waals surface area (Å²) in [6.45, 7) is 11.7. The topological polar surface area (TPSA) is 64.9 Å². The molecule has 0 saturated carbocycles. The summed E-state index contributed by atoms with van der Waals surface area (Å²) >= 11 is 0. The van der Waals surface area contributed by atoms with Gasteiger partial charge < -0.3 is 20.1 Å². The second-order valence-electron chi connectivity index (χ2n) is 7.46. The van der Waals surface area contributed by atoms with Crippen molar-refractivity contribution >= 4 is 22.8 Å². The number of aryl methyl sites for hydroxylation is 1. The number of piperazine rings is 1. The molecular weight excluding hydrogens is 364 g/mol. The molecule has 0 bridgehead atoms. The first-order valence-electron chi connectivity index (χ1n) is 10.7. The maximum atomic E-state index is 11.4. The van der Waals surface area contributed by atoms with Crippen molar-refractivity contribution < 1.29 is 4.79 Å². The second kappa shape index (κ2) is 10.9. The van der Waals surface area contributed by atoms with Crippen molar-refractivity contribution in [2.75, 3.05) is 52.4 Å². The molecule has 1 aliphatic rings. The SMILES string of the molecule is CCNC(=NCCCn1ccc2ccccc21)NCCN1CCN(C(C)=O)CC1. The molecule has 7 nitrogen and oxygen atoms in total. The van der Waals surface area contributed by atoms with Gasteiger partial charge in [-0.25, -0.2) is 0 Å². The molecule has 1 aromatic heterocycles. The van der Waals surface area contributed by atoms with Crippen molar-refractivity contribution in [3.8, 4) is 0 Å². The molecular formula is C22H34N6O. The monoisotopic (exact) mass is 398 g/mol. The first-order valence-corrected chi connectivity index (χ1v) is 10.7. The fourth-order valence-corrected chi connectivity index (χ4v) is 3.73. The van der Waals surface area contributed by atoms with E-state index in [0.29, 0.717) is 0 Å². The Morgan fingerprint density at radius 1 is 1.07 bits per heavy atom.